The Bertz CT molecular complexity index is 609. The van der Waals surface area contributed by atoms with Gasteiger partial charge in [0.15, 0.2) is 5.76 Å². The Hall–Kier alpha value is -1.85. The zero-order valence-corrected chi connectivity index (χ0v) is 14.7. The maximum absolute atomic E-state index is 11.4. The van der Waals surface area contributed by atoms with Crippen molar-refractivity contribution in [2.24, 2.45) is 5.92 Å². The summed E-state index contributed by atoms with van der Waals surface area (Å²) in [5.74, 6) is 0.494. The maximum Gasteiger partial charge on any atom is 0.309 e. The van der Waals surface area contributed by atoms with Gasteiger partial charge < -0.3 is 10.1 Å². The minimum absolute atomic E-state index is 0.158. The SMILES string of the molecule is O=C(NO)C1=CCC(c2cccc(CNCCC3CCCCC3)c2)O1. The molecule has 1 aromatic rings. The summed E-state index contributed by atoms with van der Waals surface area (Å²) in [6.07, 6.45) is 10.5. The Morgan fingerprint density at radius 1 is 1.24 bits per heavy atom. The molecule has 25 heavy (non-hydrogen) atoms. The first-order valence-corrected chi connectivity index (χ1v) is 9.37. The van der Waals surface area contributed by atoms with Crippen LogP contribution in [0.1, 0.15) is 62.2 Å². The van der Waals surface area contributed by atoms with Crippen LogP contribution in [0.25, 0.3) is 0 Å². The molecule has 1 unspecified atom stereocenters. The number of ether oxygens (including phenoxy) is 1. The molecule has 5 heteroatoms. The van der Waals surface area contributed by atoms with E-state index in [9.17, 15) is 4.79 Å². The van der Waals surface area contributed by atoms with Crippen LogP contribution in [0.4, 0.5) is 0 Å². The number of nitrogens with one attached hydrogen (secondary N) is 2. The highest BCUT2D eigenvalue weighted by Gasteiger charge is 2.24. The molecule has 1 aliphatic heterocycles. The molecule has 3 N–H and O–H groups in total. The van der Waals surface area contributed by atoms with E-state index in [0.717, 1.165) is 24.6 Å². The molecule has 1 aromatic carbocycles. The van der Waals surface area contributed by atoms with Crippen LogP contribution in [0.15, 0.2) is 36.1 Å². The van der Waals surface area contributed by atoms with E-state index >= 15 is 0 Å². The van der Waals surface area contributed by atoms with Gasteiger partial charge in [-0.1, -0.05) is 56.4 Å². The van der Waals surface area contributed by atoms with Gasteiger partial charge in [-0.25, -0.2) is 5.48 Å². The van der Waals surface area contributed by atoms with Crippen molar-refractivity contribution in [2.45, 2.75) is 57.6 Å². The summed E-state index contributed by atoms with van der Waals surface area (Å²) >= 11 is 0. The van der Waals surface area contributed by atoms with Crippen molar-refractivity contribution in [3.05, 3.63) is 47.2 Å². The maximum atomic E-state index is 11.4. The number of benzene rings is 1. The molecule has 0 aromatic heterocycles. The van der Waals surface area contributed by atoms with Crippen molar-refractivity contribution in [1.82, 2.24) is 10.8 Å². The van der Waals surface area contributed by atoms with Gasteiger partial charge in [0.05, 0.1) is 0 Å². The molecule has 0 spiro atoms. The van der Waals surface area contributed by atoms with E-state index in [2.05, 4.69) is 17.4 Å². The van der Waals surface area contributed by atoms with Crippen molar-refractivity contribution in [2.75, 3.05) is 6.54 Å². The van der Waals surface area contributed by atoms with Crippen LogP contribution in [-0.4, -0.2) is 17.7 Å². The summed E-state index contributed by atoms with van der Waals surface area (Å²) in [5, 5.41) is 12.2. The van der Waals surface area contributed by atoms with Crippen LogP contribution in [0, 0.1) is 5.92 Å². The number of rotatable bonds is 7. The molecule has 2 aliphatic rings. The van der Waals surface area contributed by atoms with Gasteiger partial charge >= 0.3 is 5.91 Å². The zero-order chi connectivity index (χ0) is 17.5. The Kier molecular flexibility index (Phi) is 6.48. The third kappa shape index (κ3) is 5.06. The second-order valence-electron chi connectivity index (χ2n) is 7.07. The van der Waals surface area contributed by atoms with Crippen molar-refractivity contribution in [3.8, 4) is 0 Å². The molecule has 1 amide bonds. The fourth-order valence-corrected chi connectivity index (χ4v) is 3.79. The molecular formula is C20H28N2O3. The smallest absolute Gasteiger partial charge is 0.309 e. The molecule has 136 valence electrons. The Balaban J connectivity index is 1.45. The lowest BCUT2D eigenvalue weighted by molar-refractivity contribution is -0.129. The van der Waals surface area contributed by atoms with Gasteiger partial charge in [0.2, 0.25) is 0 Å². The molecule has 3 rings (SSSR count). The zero-order valence-electron chi connectivity index (χ0n) is 14.7. The number of amides is 1. The Morgan fingerprint density at radius 3 is 2.88 bits per heavy atom. The summed E-state index contributed by atoms with van der Waals surface area (Å²) in [6, 6.07) is 8.29. The lowest BCUT2D eigenvalue weighted by atomic mass is 9.87. The van der Waals surface area contributed by atoms with E-state index in [-0.39, 0.29) is 11.9 Å². The Morgan fingerprint density at radius 2 is 2.08 bits per heavy atom. The molecule has 0 saturated heterocycles. The summed E-state index contributed by atoms with van der Waals surface area (Å²) in [6.45, 7) is 1.92. The third-order valence-electron chi connectivity index (χ3n) is 5.22. The van der Waals surface area contributed by atoms with E-state index in [0.29, 0.717) is 6.42 Å². The standard InChI is InChI=1S/C20H28N2O3/c23-20(22-24)19-10-9-18(25-19)17-8-4-7-16(13-17)14-21-12-11-15-5-2-1-3-6-15/h4,7-8,10,13,15,18,21,24H,1-3,5-6,9,11-12,14H2,(H,22,23). The molecule has 1 fully saturated rings. The number of carbonyl (C=O) groups is 1. The molecule has 1 heterocycles. The lowest BCUT2D eigenvalue weighted by Gasteiger charge is -2.21. The summed E-state index contributed by atoms with van der Waals surface area (Å²) in [5.41, 5.74) is 3.89. The lowest BCUT2D eigenvalue weighted by Crippen LogP contribution is -2.21. The van der Waals surface area contributed by atoms with Crippen LogP contribution in [0.2, 0.25) is 0 Å². The van der Waals surface area contributed by atoms with Crippen molar-refractivity contribution in [1.29, 1.82) is 0 Å². The molecule has 1 saturated carbocycles. The van der Waals surface area contributed by atoms with E-state index in [1.54, 1.807) is 11.6 Å². The highest BCUT2D eigenvalue weighted by Crippen LogP contribution is 2.31. The van der Waals surface area contributed by atoms with E-state index < -0.39 is 5.91 Å². The number of hydroxylamine groups is 1. The summed E-state index contributed by atoms with van der Waals surface area (Å²) < 4.78 is 5.63. The molecule has 0 bridgehead atoms. The second-order valence-corrected chi connectivity index (χ2v) is 7.07. The van der Waals surface area contributed by atoms with Gasteiger partial charge in [0.1, 0.15) is 6.10 Å². The van der Waals surface area contributed by atoms with Crippen molar-refractivity contribution >= 4 is 5.91 Å². The number of hydrogen-bond donors (Lipinski definition) is 3. The topological polar surface area (TPSA) is 70.6 Å². The van der Waals surface area contributed by atoms with Gasteiger partial charge in [-0.15, -0.1) is 0 Å². The second kappa shape index (κ2) is 9.02. The van der Waals surface area contributed by atoms with E-state index in [1.165, 1.54) is 44.1 Å². The first-order chi connectivity index (χ1) is 12.3. The average Bonchev–Trinajstić information content (AvgIpc) is 3.16. The van der Waals surface area contributed by atoms with Crippen LogP contribution in [0.5, 0.6) is 0 Å². The fourth-order valence-electron chi connectivity index (χ4n) is 3.79. The van der Waals surface area contributed by atoms with Crippen molar-refractivity contribution in [3.63, 3.8) is 0 Å². The minimum atomic E-state index is -0.594. The highest BCUT2D eigenvalue weighted by molar-refractivity contribution is 5.90. The molecule has 0 radical (unpaired) electrons. The number of hydrogen-bond acceptors (Lipinski definition) is 4. The molecular weight excluding hydrogens is 316 g/mol. The first-order valence-electron chi connectivity index (χ1n) is 9.37. The van der Waals surface area contributed by atoms with Crippen molar-refractivity contribution < 1.29 is 14.7 Å². The average molecular weight is 344 g/mol. The van der Waals surface area contributed by atoms with E-state index in [1.807, 2.05) is 12.1 Å². The molecule has 5 nitrogen and oxygen atoms in total. The third-order valence-corrected chi connectivity index (χ3v) is 5.22. The molecule has 1 aliphatic carbocycles. The Labute approximate surface area is 149 Å². The van der Waals surface area contributed by atoms with E-state index in [4.69, 9.17) is 9.94 Å². The van der Waals surface area contributed by atoms with Crippen LogP contribution in [-0.2, 0) is 16.1 Å². The van der Waals surface area contributed by atoms with Crippen LogP contribution >= 0.6 is 0 Å². The van der Waals surface area contributed by atoms with Gasteiger partial charge in [0.25, 0.3) is 0 Å². The molecule has 1 atom stereocenters. The predicted octanol–water partition coefficient (Wildman–Crippen LogP) is 3.60. The van der Waals surface area contributed by atoms with Gasteiger partial charge in [-0.3, -0.25) is 10.0 Å². The first kappa shape index (κ1) is 18.0. The van der Waals surface area contributed by atoms with Gasteiger partial charge in [0, 0.05) is 13.0 Å². The van der Waals surface area contributed by atoms with Gasteiger partial charge in [-0.2, -0.15) is 0 Å². The summed E-state index contributed by atoms with van der Waals surface area (Å²) in [4.78, 5) is 11.4. The monoisotopic (exact) mass is 344 g/mol. The minimum Gasteiger partial charge on any atom is -0.480 e. The quantitative estimate of drug-likeness (QED) is 0.401. The largest absolute Gasteiger partial charge is 0.480 e. The fraction of sp³-hybridized carbons (Fsp3) is 0.550. The normalized spacial score (nSPS) is 20.8. The van der Waals surface area contributed by atoms with Crippen LogP contribution in [0.3, 0.4) is 0 Å². The predicted molar refractivity (Wildman–Crippen MR) is 95.8 cm³/mol. The van der Waals surface area contributed by atoms with Gasteiger partial charge in [-0.05, 0) is 36.1 Å². The number of carbonyl (C=O) groups excluding carboxylic acids is 1. The van der Waals surface area contributed by atoms with Crippen LogP contribution < -0.4 is 10.8 Å². The summed E-state index contributed by atoms with van der Waals surface area (Å²) in [7, 11) is 0. The highest BCUT2D eigenvalue weighted by atomic mass is 16.5.